The first-order valence-electron chi connectivity index (χ1n) is 5.31. The van der Waals surface area contributed by atoms with E-state index in [2.05, 4.69) is 6.92 Å². The fraction of sp³-hybridized carbons (Fsp3) is 1.00. The summed E-state index contributed by atoms with van der Waals surface area (Å²) in [4.78, 5) is 0. The van der Waals surface area contributed by atoms with Crippen LogP contribution in [0.5, 0.6) is 0 Å². The lowest BCUT2D eigenvalue weighted by Gasteiger charge is -2.22. The van der Waals surface area contributed by atoms with Gasteiger partial charge in [0.05, 0.1) is 25.2 Å². The van der Waals surface area contributed by atoms with Gasteiger partial charge in [-0.05, 0) is 6.42 Å². The summed E-state index contributed by atoms with van der Waals surface area (Å²) < 4.78 is 10.6. The maximum Gasteiger partial charge on any atom is 0.162 e. The molecule has 14 heavy (non-hydrogen) atoms. The van der Waals surface area contributed by atoms with Gasteiger partial charge in [0.1, 0.15) is 5.60 Å². The van der Waals surface area contributed by atoms with Crippen LogP contribution in [0, 0.1) is 5.92 Å². The molecule has 0 radical (unpaired) electrons. The van der Waals surface area contributed by atoms with Crippen LogP contribution in [0.2, 0.25) is 0 Å². The summed E-state index contributed by atoms with van der Waals surface area (Å²) in [6.45, 7) is 2.60. The van der Waals surface area contributed by atoms with Crippen molar-refractivity contribution in [3.05, 3.63) is 0 Å². The highest BCUT2D eigenvalue weighted by Gasteiger charge is 2.56. The molecular formula is C10H18O4. The Labute approximate surface area is 83.8 Å². The molecule has 4 heteroatoms. The van der Waals surface area contributed by atoms with Gasteiger partial charge < -0.3 is 19.7 Å². The standard InChI is InChI=1S/C10H18O4/c1-2-3-4-7-8-9(11)14-6-10(8,12)5-13-7/h7-9,11-12H,2-6H2,1H3/t7-,8+,9-,10+/m0/s1. The summed E-state index contributed by atoms with van der Waals surface area (Å²) in [7, 11) is 0. The van der Waals surface area contributed by atoms with Gasteiger partial charge in [-0.25, -0.2) is 0 Å². The molecule has 0 aromatic rings. The molecule has 0 bridgehead atoms. The molecule has 82 valence electrons. The number of aliphatic hydroxyl groups is 2. The molecule has 2 heterocycles. The number of ether oxygens (including phenoxy) is 2. The summed E-state index contributed by atoms with van der Waals surface area (Å²) in [6.07, 6.45) is 2.15. The number of aliphatic hydroxyl groups excluding tert-OH is 1. The molecule has 2 saturated heterocycles. The Morgan fingerprint density at radius 2 is 2.07 bits per heavy atom. The second-order valence-electron chi connectivity index (χ2n) is 4.32. The molecule has 0 aromatic carbocycles. The first-order chi connectivity index (χ1) is 6.67. The van der Waals surface area contributed by atoms with E-state index < -0.39 is 11.9 Å². The minimum atomic E-state index is -0.947. The van der Waals surface area contributed by atoms with Crippen molar-refractivity contribution >= 4 is 0 Å². The minimum absolute atomic E-state index is 0.0440. The third-order valence-electron chi connectivity index (χ3n) is 3.22. The number of hydrogen-bond donors (Lipinski definition) is 2. The zero-order chi connectivity index (χ0) is 10.2. The highest BCUT2D eigenvalue weighted by atomic mass is 16.6. The molecule has 0 unspecified atom stereocenters. The predicted octanol–water partition coefficient (Wildman–Crippen LogP) is 0.271. The smallest absolute Gasteiger partial charge is 0.162 e. The predicted molar refractivity (Wildman–Crippen MR) is 49.7 cm³/mol. The first kappa shape index (κ1) is 10.4. The molecule has 0 amide bonds. The van der Waals surface area contributed by atoms with E-state index in [4.69, 9.17) is 9.47 Å². The molecule has 2 fully saturated rings. The van der Waals surface area contributed by atoms with Gasteiger partial charge in [-0.15, -0.1) is 0 Å². The Balaban J connectivity index is 2.01. The lowest BCUT2D eigenvalue weighted by atomic mass is 9.87. The van der Waals surface area contributed by atoms with Crippen molar-refractivity contribution in [2.24, 2.45) is 5.92 Å². The number of unbranched alkanes of at least 4 members (excludes halogenated alkanes) is 1. The largest absolute Gasteiger partial charge is 0.384 e. The highest BCUT2D eigenvalue weighted by molar-refractivity contribution is 5.01. The van der Waals surface area contributed by atoms with Crippen LogP contribution in [0.25, 0.3) is 0 Å². The molecule has 4 atom stereocenters. The van der Waals surface area contributed by atoms with Crippen LogP contribution in [-0.2, 0) is 9.47 Å². The molecule has 0 saturated carbocycles. The van der Waals surface area contributed by atoms with E-state index in [0.717, 1.165) is 19.3 Å². The van der Waals surface area contributed by atoms with Crippen molar-refractivity contribution in [2.45, 2.75) is 44.2 Å². The average molecular weight is 202 g/mol. The average Bonchev–Trinajstić information content (AvgIpc) is 2.63. The van der Waals surface area contributed by atoms with Crippen molar-refractivity contribution in [2.75, 3.05) is 13.2 Å². The van der Waals surface area contributed by atoms with E-state index in [9.17, 15) is 10.2 Å². The maximum atomic E-state index is 10.1. The number of fused-ring (bicyclic) bond motifs is 1. The Morgan fingerprint density at radius 1 is 1.36 bits per heavy atom. The Bertz CT molecular complexity index is 208. The fourth-order valence-corrected chi connectivity index (χ4v) is 2.39. The van der Waals surface area contributed by atoms with Gasteiger partial charge in [0.25, 0.3) is 0 Å². The van der Waals surface area contributed by atoms with E-state index in [1.54, 1.807) is 0 Å². The van der Waals surface area contributed by atoms with Gasteiger partial charge in [-0.2, -0.15) is 0 Å². The van der Waals surface area contributed by atoms with E-state index in [1.165, 1.54) is 0 Å². The van der Waals surface area contributed by atoms with Crippen molar-refractivity contribution in [1.29, 1.82) is 0 Å². The van der Waals surface area contributed by atoms with Crippen LogP contribution in [0.4, 0.5) is 0 Å². The van der Waals surface area contributed by atoms with Crippen molar-refractivity contribution in [3.63, 3.8) is 0 Å². The number of rotatable bonds is 3. The molecule has 0 aromatic heterocycles. The molecule has 2 N–H and O–H groups in total. The highest BCUT2D eigenvalue weighted by Crippen LogP contribution is 2.41. The summed E-state index contributed by atoms with van der Waals surface area (Å²) in [5, 5.41) is 19.6. The summed E-state index contributed by atoms with van der Waals surface area (Å²) in [5.41, 5.74) is -0.947. The summed E-state index contributed by atoms with van der Waals surface area (Å²) in [5.74, 6) is -0.256. The normalized spacial score (nSPS) is 46.9. The van der Waals surface area contributed by atoms with Crippen molar-refractivity contribution in [1.82, 2.24) is 0 Å². The van der Waals surface area contributed by atoms with Gasteiger partial charge >= 0.3 is 0 Å². The lowest BCUT2D eigenvalue weighted by Crippen LogP contribution is -2.40. The van der Waals surface area contributed by atoms with Crippen molar-refractivity contribution in [3.8, 4) is 0 Å². The third-order valence-corrected chi connectivity index (χ3v) is 3.22. The quantitative estimate of drug-likeness (QED) is 0.689. The van der Waals surface area contributed by atoms with Crippen LogP contribution in [-0.4, -0.2) is 41.4 Å². The maximum absolute atomic E-state index is 10.1. The zero-order valence-electron chi connectivity index (χ0n) is 8.48. The Morgan fingerprint density at radius 3 is 2.79 bits per heavy atom. The topological polar surface area (TPSA) is 58.9 Å². The fourth-order valence-electron chi connectivity index (χ4n) is 2.39. The second-order valence-corrected chi connectivity index (χ2v) is 4.32. The molecule has 2 aliphatic rings. The summed E-state index contributed by atoms with van der Waals surface area (Å²) in [6, 6.07) is 0. The van der Waals surface area contributed by atoms with Gasteiger partial charge in [0, 0.05) is 0 Å². The molecule has 0 spiro atoms. The second kappa shape index (κ2) is 3.77. The summed E-state index contributed by atoms with van der Waals surface area (Å²) >= 11 is 0. The van der Waals surface area contributed by atoms with Crippen LogP contribution in [0.3, 0.4) is 0 Å². The first-order valence-corrected chi connectivity index (χ1v) is 5.31. The van der Waals surface area contributed by atoms with Gasteiger partial charge in [0.15, 0.2) is 6.29 Å². The van der Waals surface area contributed by atoms with Gasteiger partial charge in [-0.3, -0.25) is 0 Å². The van der Waals surface area contributed by atoms with Crippen LogP contribution in [0.1, 0.15) is 26.2 Å². The van der Waals surface area contributed by atoms with Gasteiger partial charge in [-0.1, -0.05) is 19.8 Å². The SMILES string of the molecule is CCCC[C@@H]1OC[C@@]2(O)CO[C@H](O)[C@@H]12. The molecule has 0 aliphatic carbocycles. The van der Waals surface area contributed by atoms with Crippen LogP contribution < -0.4 is 0 Å². The van der Waals surface area contributed by atoms with Gasteiger partial charge in [0.2, 0.25) is 0 Å². The molecular weight excluding hydrogens is 184 g/mol. The third kappa shape index (κ3) is 1.56. The lowest BCUT2D eigenvalue weighted by molar-refractivity contribution is -0.109. The molecule has 4 nitrogen and oxygen atoms in total. The van der Waals surface area contributed by atoms with Crippen molar-refractivity contribution < 1.29 is 19.7 Å². The Kier molecular flexibility index (Phi) is 2.79. The van der Waals surface area contributed by atoms with Crippen LogP contribution >= 0.6 is 0 Å². The monoisotopic (exact) mass is 202 g/mol. The van der Waals surface area contributed by atoms with E-state index in [-0.39, 0.29) is 18.6 Å². The number of hydrogen-bond acceptors (Lipinski definition) is 4. The van der Waals surface area contributed by atoms with E-state index in [1.807, 2.05) is 0 Å². The Hall–Kier alpha value is -0.160. The minimum Gasteiger partial charge on any atom is -0.384 e. The van der Waals surface area contributed by atoms with E-state index >= 15 is 0 Å². The molecule has 2 aliphatic heterocycles. The van der Waals surface area contributed by atoms with E-state index in [0.29, 0.717) is 6.61 Å². The zero-order valence-corrected chi connectivity index (χ0v) is 8.48. The molecule has 2 rings (SSSR count). The van der Waals surface area contributed by atoms with Crippen LogP contribution in [0.15, 0.2) is 0 Å².